The van der Waals surface area contributed by atoms with Gasteiger partial charge in [-0.2, -0.15) is 0 Å². The van der Waals surface area contributed by atoms with Crippen LogP contribution in [0.4, 0.5) is 5.82 Å². The number of rotatable bonds is 0. The Morgan fingerprint density at radius 1 is 1.11 bits per heavy atom. The Balaban J connectivity index is 1.43. The highest BCUT2D eigenvalue weighted by atomic mass is 31.3. The molecule has 0 saturated carbocycles. The first-order chi connectivity index (χ1) is 17.8. The van der Waals surface area contributed by atoms with Crippen molar-refractivity contribution in [2.24, 2.45) is 0 Å². The van der Waals surface area contributed by atoms with E-state index in [0.29, 0.717) is 0 Å². The quantitative estimate of drug-likeness (QED) is 0.194. The number of aromatic nitrogens is 4. The minimum atomic E-state index is -5.42. The number of aliphatic hydroxyl groups is 2. The molecule has 3 fully saturated rings. The van der Waals surface area contributed by atoms with E-state index in [1.807, 2.05) is 0 Å². The van der Waals surface area contributed by atoms with Crippen molar-refractivity contribution in [3.63, 3.8) is 0 Å². The van der Waals surface area contributed by atoms with E-state index in [9.17, 15) is 29.1 Å². The number of phosphoric ester groups is 2. The van der Waals surface area contributed by atoms with Crippen LogP contribution in [-0.4, -0.2) is 85.3 Å². The Morgan fingerprint density at radius 3 is 2.58 bits per heavy atom. The highest BCUT2D eigenvalue weighted by molar-refractivity contribution is 7.60. The third kappa shape index (κ3) is 4.49. The number of imidazole rings is 1. The number of fused-ring (bicyclic) bond motifs is 8. The molecule has 0 amide bonds. The predicted octanol–water partition coefficient (Wildman–Crippen LogP) is -2.03. The van der Waals surface area contributed by atoms with Gasteiger partial charge in [0.25, 0.3) is 13.6 Å². The molecule has 5 aliphatic rings. The zero-order chi connectivity index (χ0) is 27.2. The highest BCUT2D eigenvalue weighted by Gasteiger charge is 2.57. The van der Waals surface area contributed by atoms with Crippen LogP contribution in [0, 0.1) is 0 Å². The maximum atomic E-state index is 12.4. The van der Waals surface area contributed by atoms with Crippen molar-refractivity contribution in [3.8, 4) is 0 Å². The lowest BCUT2D eigenvalue weighted by Crippen LogP contribution is -2.48. The molecule has 7 heterocycles. The molecular weight excluding hydrogens is 556 g/mol. The number of anilines is 1. The normalized spacial score (nSPS) is 44.9. The highest BCUT2D eigenvalue weighted by Crippen LogP contribution is 2.59. The van der Waals surface area contributed by atoms with Crippen LogP contribution in [0.15, 0.2) is 12.7 Å². The predicted molar refractivity (Wildman–Crippen MR) is 116 cm³/mol. The molecule has 7 rings (SSSR count). The minimum Gasteiger partial charge on any atom is -0.756 e. The van der Waals surface area contributed by atoms with Crippen LogP contribution in [0.25, 0.3) is 11.2 Å². The van der Waals surface area contributed by atoms with E-state index in [-0.39, 0.29) is 17.0 Å². The van der Waals surface area contributed by atoms with E-state index >= 15 is 0 Å². The molecule has 0 radical (unpaired) electrons. The maximum absolute atomic E-state index is 12.4. The van der Waals surface area contributed by atoms with Crippen molar-refractivity contribution >= 4 is 32.6 Å². The SMILES string of the molecule is CC1(C)O[C@@H]2[C@H](O1)[C@H]1COP(=O)([O-])OP(=O)(O)OC[C@H]3O[C@H]([C@H](O)[C@@H]3O)[n+]3cnc4c(ncn4[C@@H]2O1)c3N. The van der Waals surface area contributed by atoms with Gasteiger partial charge in [0.1, 0.15) is 43.0 Å². The van der Waals surface area contributed by atoms with Crippen LogP contribution in [0.3, 0.4) is 0 Å². The molecule has 18 nitrogen and oxygen atoms in total. The molecule has 5 aliphatic heterocycles. The fraction of sp³-hybridized carbons (Fsp3) is 0.722. The Bertz CT molecular complexity index is 1360. The molecule has 210 valence electrons. The molecule has 38 heavy (non-hydrogen) atoms. The standard InChI is InChI=1S/C18H25N5O13P2/c1-18(2)34-12-8-4-31-38(28,29)36-37(26,27)30-3-7-10(24)11(25)16(32-7)22-6-21-15-9(14(22)19)20-5-23(15)17(33-8)13(12)35-18/h5-8,10-13,16-17,19,24-25H,3-4H2,1-2H3,(H2,26,27,28,29)/t7-,8-,10-,11-,12-,13-,16-,17-/m1/s1. The monoisotopic (exact) mass is 581 g/mol. The lowest BCUT2D eigenvalue weighted by Gasteiger charge is -2.28. The number of aliphatic hydroxyl groups excluding tert-OH is 2. The van der Waals surface area contributed by atoms with Crippen LogP contribution >= 0.6 is 15.6 Å². The van der Waals surface area contributed by atoms with Gasteiger partial charge < -0.3 is 49.2 Å². The van der Waals surface area contributed by atoms with E-state index < -0.39 is 83.7 Å². The van der Waals surface area contributed by atoms with Gasteiger partial charge in [0, 0.05) is 0 Å². The second kappa shape index (κ2) is 8.94. The number of phosphoric acid groups is 2. The first-order valence-electron chi connectivity index (χ1n) is 11.4. The summed E-state index contributed by atoms with van der Waals surface area (Å²) >= 11 is 0. The summed E-state index contributed by atoms with van der Waals surface area (Å²) in [6.07, 6.45) is -6.69. The van der Waals surface area contributed by atoms with Crippen molar-refractivity contribution in [1.29, 1.82) is 0 Å². The fourth-order valence-corrected chi connectivity index (χ4v) is 7.03. The average molecular weight is 581 g/mol. The van der Waals surface area contributed by atoms with Gasteiger partial charge in [0.15, 0.2) is 17.5 Å². The molecule has 5 N–H and O–H groups in total. The summed E-state index contributed by atoms with van der Waals surface area (Å²) in [4.78, 5) is 31.0. The second-order valence-corrected chi connectivity index (χ2v) is 12.6. The first-order valence-corrected chi connectivity index (χ1v) is 14.4. The van der Waals surface area contributed by atoms with Gasteiger partial charge >= 0.3 is 7.82 Å². The smallest absolute Gasteiger partial charge is 0.478 e. The first kappa shape index (κ1) is 26.6. The zero-order valence-corrected chi connectivity index (χ0v) is 21.7. The van der Waals surface area contributed by atoms with Crippen molar-refractivity contribution < 1.29 is 66.0 Å². The summed E-state index contributed by atoms with van der Waals surface area (Å²) in [5.41, 5.74) is 6.80. The summed E-state index contributed by atoms with van der Waals surface area (Å²) < 4.78 is 64.8. The van der Waals surface area contributed by atoms with Gasteiger partial charge in [-0.1, -0.05) is 4.98 Å². The summed E-state index contributed by atoms with van der Waals surface area (Å²) in [6.45, 7) is 1.85. The van der Waals surface area contributed by atoms with E-state index in [4.69, 9.17) is 33.7 Å². The minimum absolute atomic E-state index is 0.0227. The third-order valence-corrected chi connectivity index (χ3v) is 9.17. The van der Waals surface area contributed by atoms with Crippen molar-refractivity contribution in [3.05, 3.63) is 12.7 Å². The van der Waals surface area contributed by atoms with Gasteiger partial charge in [-0.05, 0) is 13.8 Å². The molecule has 8 bridgehead atoms. The van der Waals surface area contributed by atoms with Crippen LogP contribution < -0.4 is 15.2 Å². The van der Waals surface area contributed by atoms with E-state index in [0.717, 1.165) is 0 Å². The third-order valence-electron chi connectivity index (χ3n) is 6.61. The lowest BCUT2D eigenvalue weighted by atomic mass is 10.1. The van der Waals surface area contributed by atoms with E-state index in [1.54, 1.807) is 13.8 Å². The Hall–Kier alpha value is -1.63. The molecule has 10 atom stereocenters. The van der Waals surface area contributed by atoms with Crippen molar-refractivity contribution in [2.75, 3.05) is 18.9 Å². The van der Waals surface area contributed by atoms with E-state index in [1.165, 1.54) is 21.8 Å². The molecule has 20 heteroatoms. The molecule has 0 spiro atoms. The number of ether oxygens (including phenoxy) is 4. The number of nitrogens with two attached hydrogens (primary N) is 1. The van der Waals surface area contributed by atoms with Crippen LogP contribution in [0.5, 0.6) is 0 Å². The molecular formula is C18H25N5O13P2. The summed E-state index contributed by atoms with van der Waals surface area (Å²) in [7, 11) is -10.7. The molecule has 0 aromatic carbocycles. The molecule has 2 aromatic rings. The Labute approximate surface area is 214 Å². The van der Waals surface area contributed by atoms with Crippen molar-refractivity contribution in [1.82, 2.24) is 14.5 Å². The largest absolute Gasteiger partial charge is 0.756 e. The van der Waals surface area contributed by atoms with Crippen LogP contribution in [-0.2, 0) is 41.4 Å². The average Bonchev–Trinajstić information content (AvgIpc) is 3.53. The van der Waals surface area contributed by atoms with Crippen LogP contribution in [0.2, 0.25) is 0 Å². The van der Waals surface area contributed by atoms with Crippen LogP contribution in [0.1, 0.15) is 26.3 Å². The van der Waals surface area contributed by atoms with Gasteiger partial charge in [-0.25, -0.2) is 18.4 Å². The van der Waals surface area contributed by atoms with Crippen molar-refractivity contribution in [2.45, 2.75) is 68.7 Å². The molecule has 0 aliphatic carbocycles. The number of nitrogens with zero attached hydrogens (tertiary/aromatic N) is 4. The van der Waals surface area contributed by atoms with E-state index in [2.05, 4.69) is 14.3 Å². The maximum Gasteiger partial charge on any atom is 0.478 e. The number of hydrogen-bond donors (Lipinski definition) is 4. The molecule has 2 aromatic heterocycles. The fourth-order valence-electron chi connectivity index (χ4n) is 4.97. The Morgan fingerprint density at radius 2 is 1.82 bits per heavy atom. The van der Waals surface area contributed by atoms with Gasteiger partial charge in [0.05, 0.1) is 13.2 Å². The molecule has 2 unspecified atom stereocenters. The molecule has 3 saturated heterocycles. The Kier molecular flexibility index (Phi) is 6.25. The summed E-state index contributed by atoms with van der Waals surface area (Å²) in [5, 5.41) is 21.0. The van der Waals surface area contributed by atoms with Gasteiger partial charge in [-0.15, -0.1) is 0 Å². The second-order valence-electron chi connectivity index (χ2n) is 9.63. The van der Waals surface area contributed by atoms with Gasteiger partial charge in [-0.3, -0.25) is 13.7 Å². The lowest BCUT2D eigenvalue weighted by molar-refractivity contribution is -0.755. The zero-order valence-electron chi connectivity index (χ0n) is 19.9. The number of hydrogen-bond acceptors (Lipinski definition) is 15. The van der Waals surface area contributed by atoms with Gasteiger partial charge in [0.2, 0.25) is 18.2 Å². The summed E-state index contributed by atoms with van der Waals surface area (Å²) in [6, 6.07) is 0. The topological polar surface area (TPSA) is 243 Å². The summed E-state index contributed by atoms with van der Waals surface area (Å²) in [5.74, 6) is -1.03. The number of nitrogen functional groups attached to an aromatic ring is 1.